The molecule has 7 fully saturated rings. The van der Waals surface area contributed by atoms with Crippen LogP contribution in [-0.4, -0.2) is 204 Å². The molecule has 3 saturated heterocycles. The Labute approximate surface area is 387 Å². The number of aliphatic hydroxyl groups excluding tert-OH is 13. The van der Waals surface area contributed by atoms with Gasteiger partial charge in [0.1, 0.15) is 67.1 Å². The second kappa shape index (κ2) is 20.2. The summed E-state index contributed by atoms with van der Waals surface area (Å²) in [5.74, 6) is -0.0855. The van der Waals surface area contributed by atoms with E-state index in [9.17, 15) is 66.4 Å². The van der Waals surface area contributed by atoms with E-state index in [1.54, 1.807) is 0 Å². The molecule has 3 unspecified atom stereocenters. The van der Waals surface area contributed by atoms with E-state index in [-0.39, 0.29) is 53.8 Å². The molecule has 3 heterocycles. The summed E-state index contributed by atoms with van der Waals surface area (Å²) in [4.78, 5) is 0. The number of allylic oxidation sites excluding steroid dienone is 1. The van der Waals surface area contributed by atoms with Crippen molar-refractivity contribution in [2.75, 3.05) is 39.6 Å². The van der Waals surface area contributed by atoms with Crippen LogP contribution < -0.4 is 0 Å². The maximum Gasteiger partial charge on any atom is 0.187 e. The van der Waals surface area contributed by atoms with Gasteiger partial charge in [0.15, 0.2) is 18.9 Å². The van der Waals surface area contributed by atoms with Crippen molar-refractivity contribution >= 4 is 0 Å². The maximum atomic E-state index is 12.3. The Balaban J connectivity index is 1.20. The highest BCUT2D eigenvalue weighted by Gasteiger charge is 2.70. The summed E-state index contributed by atoms with van der Waals surface area (Å²) in [5, 5.41) is 139. The number of hydrogen-bond donors (Lipinski definition) is 13. The molecule has 0 spiro atoms. The Morgan fingerprint density at radius 2 is 1.29 bits per heavy atom. The molecular weight excluding hydrogens is 868 g/mol. The van der Waals surface area contributed by atoms with Crippen LogP contribution in [0.5, 0.6) is 0 Å². The third kappa shape index (κ3) is 8.89. The molecule has 3 aliphatic heterocycles. The maximum absolute atomic E-state index is 12.3. The minimum Gasteiger partial charge on any atom is -0.396 e. The third-order valence-corrected chi connectivity index (χ3v) is 18.8. The van der Waals surface area contributed by atoms with E-state index in [1.807, 2.05) is 19.9 Å². The van der Waals surface area contributed by atoms with E-state index in [0.717, 1.165) is 31.3 Å². The molecule has 0 bridgehead atoms. The summed E-state index contributed by atoms with van der Waals surface area (Å²) in [6.45, 7) is 8.76. The second-order valence-corrected chi connectivity index (χ2v) is 22.1. The van der Waals surface area contributed by atoms with Crippen molar-refractivity contribution in [1.82, 2.24) is 0 Å². The first-order chi connectivity index (χ1) is 31.1. The van der Waals surface area contributed by atoms with Crippen molar-refractivity contribution < 1.29 is 94.8 Å². The fourth-order valence-electron chi connectivity index (χ4n) is 14.4. The zero-order valence-corrected chi connectivity index (χ0v) is 39.1. The molecule has 0 aromatic carbocycles. The molecule has 0 radical (unpaired) electrons. The second-order valence-electron chi connectivity index (χ2n) is 22.1. The standard InChI is InChI=1S/C47H80O19/c1-23(17-48)7-6-12-47(21-51)16-15-45(4)24(39(47)60)8-9-29-43(2)13-11-30(65-42-38(35(57)33(55)27(19-50)64-42)66-40-36(58)31(53)25(52)20-61-40)44(3,28(43)10-14-46(29,45)5)22-62-41-37(59)34(56)32(54)26(18-49)63-41/h7,24-42,48-60H,6,8-22H2,1-5H3/b23-7-/t24?,25-,26-,27-,28?,29?,30+,31+,32-,33-,34+,35+,36-,37-,38-,39-,40+,41-,42+,43+,44+,45-,46-,47-/m1/s1. The molecule has 7 aliphatic rings. The highest BCUT2D eigenvalue weighted by atomic mass is 16.8. The van der Waals surface area contributed by atoms with E-state index in [4.69, 9.17) is 28.4 Å². The molecule has 4 aliphatic carbocycles. The third-order valence-electron chi connectivity index (χ3n) is 18.8. The van der Waals surface area contributed by atoms with Crippen molar-refractivity contribution in [3.8, 4) is 0 Å². The normalized spacial score (nSPS) is 53.4. The van der Waals surface area contributed by atoms with Crippen molar-refractivity contribution in [3.05, 3.63) is 11.6 Å². The van der Waals surface area contributed by atoms with Crippen LogP contribution in [0.4, 0.5) is 0 Å². The first kappa shape index (κ1) is 52.8. The Morgan fingerprint density at radius 1 is 0.636 bits per heavy atom. The summed E-state index contributed by atoms with van der Waals surface area (Å²) in [7, 11) is 0. The van der Waals surface area contributed by atoms with Crippen molar-refractivity contribution in [2.45, 2.75) is 197 Å². The Bertz CT molecular complexity index is 1660. The van der Waals surface area contributed by atoms with Crippen LogP contribution in [0.15, 0.2) is 11.6 Å². The van der Waals surface area contributed by atoms with Crippen LogP contribution in [0.1, 0.15) is 98.8 Å². The Kier molecular flexibility index (Phi) is 16.2. The average molecular weight is 949 g/mol. The Hall–Kier alpha value is -1.02. The van der Waals surface area contributed by atoms with Crippen LogP contribution in [0.25, 0.3) is 0 Å². The van der Waals surface area contributed by atoms with Crippen LogP contribution >= 0.6 is 0 Å². The number of rotatable bonds is 14. The molecule has 0 aromatic heterocycles. The summed E-state index contributed by atoms with van der Waals surface area (Å²) in [5.41, 5.74) is -1.71. The zero-order valence-electron chi connectivity index (χ0n) is 39.1. The van der Waals surface area contributed by atoms with Gasteiger partial charge in [-0.1, -0.05) is 39.3 Å². The minimum atomic E-state index is -1.75. The predicted molar refractivity (Wildman–Crippen MR) is 230 cm³/mol. The van der Waals surface area contributed by atoms with Gasteiger partial charge in [0.05, 0.1) is 51.8 Å². The number of aliphatic hydroxyl groups is 13. The van der Waals surface area contributed by atoms with Crippen molar-refractivity contribution in [2.24, 2.45) is 44.8 Å². The van der Waals surface area contributed by atoms with Crippen molar-refractivity contribution in [1.29, 1.82) is 0 Å². The largest absolute Gasteiger partial charge is 0.396 e. The van der Waals surface area contributed by atoms with Gasteiger partial charge in [0, 0.05) is 10.8 Å². The molecule has 19 nitrogen and oxygen atoms in total. The van der Waals surface area contributed by atoms with Gasteiger partial charge in [0.25, 0.3) is 0 Å². The van der Waals surface area contributed by atoms with Crippen molar-refractivity contribution in [3.63, 3.8) is 0 Å². The van der Waals surface area contributed by atoms with Gasteiger partial charge in [-0.2, -0.15) is 0 Å². The van der Waals surface area contributed by atoms with Gasteiger partial charge in [-0.25, -0.2) is 0 Å². The Morgan fingerprint density at radius 3 is 1.94 bits per heavy atom. The fourth-order valence-corrected chi connectivity index (χ4v) is 14.4. The van der Waals surface area contributed by atoms with E-state index in [0.29, 0.717) is 38.5 Å². The molecule has 13 N–H and O–H groups in total. The summed E-state index contributed by atoms with van der Waals surface area (Å²) >= 11 is 0. The van der Waals surface area contributed by atoms with Gasteiger partial charge < -0.3 is 94.8 Å². The molecule has 24 atom stereocenters. The minimum absolute atomic E-state index is 0.0412. The average Bonchev–Trinajstić information content (AvgIpc) is 3.29. The van der Waals surface area contributed by atoms with Crippen LogP contribution in [0.3, 0.4) is 0 Å². The molecule has 66 heavy (non-hydrogen) atoms. The molecule has 0 aromatic rings. The molecular formula is C47H80O19. The highest BCUT2D eigenvalue weighted by Crippen LogP contribution is 2.75. The van der Waals surface area contributed by atoms with E-state index < -0.39 is 129 Å². The van der Waals surface area contributed by atoms with Crippen LogP contribution in [0.2, 0.25) is 0 Å². The van der Waals surface area contributed by atoms with Gasteiger partial charge >= 0.3 is 0 Å². The van der Waals surface area contributed by atoms with E-state index in [1.165, 1.54) is 0 Å². The summed E-state index contributed by atoms with van der Waals surface area (Å²) in [6, 6.07) is 0. The summed E-state index contributed by atoms with van der Waals surface area (Å²) in [6.07, 6.45) is -14.6. The monoisotopic (exact) mass is 949 g/mol. The highest BCUT2D eigenvalue weighted by molar-refractivity contribution is 5.19. The lowest BCUT2D eigenvalue weighted by molar-refractivity contribution is -0.375. The van der Waals surface area contributed by atoms with Gasteiger partial charge in [-0.3, -0.25) is 0 Å². The summed E-state index contributed by atoms with van der Waals surface area (Å²) < 4.78 is 36.8. The first-order valence-corrected chi connectivity index (χ1v) is 24.2. The number of fused-ring (bicyclic) bond motifs is 5. The zero-order chi connectivity index (χ0) is 48.3. The molecule has 4 saturated carbocycles. The molecule has 19 heteroatoms. The lowest BCUT2D eigenvalue weighted by Gasteiger charge is -2.72. The predicted octanol–water partition coefficient (Wildman–Crippen LogP) is -1.44. The van der Waals surface area contributed by atoms with E-state index >= 15 is 0 Å². The van der Waals surface area contributed by atoms with Gasteiger partial charge in [-0.05, 0) is 105 Å². The smallest absolute Gasteiger partial charge is 0.187 e. The first-order valence-electron chi connectivity index (χ1n) is 24.2. The quantitative estimate of drug-likeness (QED) is 0.0701. The topological polar surface area (TPSA) is 318 Å². The number of ether oxygens (including phenoxy) is 6. The lowest BCUT2D eigenvalue weighted by Crippen LogP contribution is -2.69. The molecule has 0 amide bonds. The van der Waals surface area contributed by atoms with Gasteiger partial charge in [0.2, 0.25) is 0 Å². The molecule has 382 valence electrons. The number of hydrogen-bond acceptors (Lipinski definition) is 19. The van der Waals surface area contributed by atoms with Crippen LogP contribution in [-0.2, 0) is 28.4 Å². The lowest BCUT2D eigenvalue weighted by atomic mass is 9.33. The SMILES string of the molecule is C/C(=C/CC[C@]1(CO)CC[C@]2(C)C(CCC3[C@@]4(C)CC[C@H](O[C@@H]5O[C@H](CO)[C@@H](O)[C@H](O)[C@H]5O[C@@H]5OC[C@@H](O)[C@H](O)[C@H]5O)[C@@](C)(CO[C@@H]5O[C@H](CO)[C@@H](O)[C@H](O)[C@H]5O)C4CC[C@]32C)[C@H]1O)CO. The van der Waals surface area contributed by atoms with Gasteiger partial charge in [-0.15, -0.1) is 0 Å². The fraction of sp³-hybridized carbons (Fsp3) is 0.957. The van der Waals surface area contributed by atoms with E-state index in [2.05, 4.69) is 20.8 Å². The molecule has 7 rings (SSSR count). The van der Waals surface area contributed by atoms with Crippen LogP contribution in [0, 0.1) is 44.8 Å².